The molecule has 0 aliphatic rings. The first-order valence-electron chi connectivity index (χ1n) is 6.64. The highest BCUT2D eigenvalue weighted by molar-refractivity contribution is 8.13. The van der Waals surface area contributed by atoms with E-state index >= 15 is 0 Å². The molecule has 3 aromatic rings. The smallest absolute Gasteiger partial charge is 0.192 e. The van der Waals surface area contributed by atoms with Crippen LogP contribution in [0.2, 0.25) is 0 Å². The van der Waals surface area contributed by atoms with Crippen LogP contribution in [0.1, 0.15) is 0 Å². The SMILES string of the molecule is CSC(=Nc1ccc(-c2n[nH]c(-c3ccco3)n2)cc1)NC#N. The quantitative estimate of drug-likeness (QED) is 0.332. The second-order valence-corrected chi connectivity index (χ2v) is 5.18. The minimum Gasteiger partial charge on any atom is -0.461 e. The maximum atomic E-state index is 8.64. The number of benzene rings is 1. The molecule has 3 rings (SSSR count). The van der Waals surface area contributed by atoms with Crippen LogP contribution < -0.4 is 5.32 Å². The van der Waals surface area contributed by atoms with Gasteiger partial charge in [0.2, 0.25) is 0 Å². The van der Waals surface area contributed by atoms with Crippen molar-refractivity contribution in [3.8, 4) is 29.2 Å². The van der Waals surface area contributed by atoms with Crippen LogP contribution in [-0.4, -0.2) is 26.6 Å². The first-order valence-corrected chi connectivity index (χ1v) is 7.87. The number of nitrogens with zero attached hydrogens (tertiary/aromatic N) is 4. The Labute approximate surface area is 136 Å². The number of furan rings is 1. The van der Waals surface area contributed by atoms with Gasteiger partial charge >= 0.3 is 0 Å². The highest BCUT2D eigenvalue weighted by Gasteiger charge is 2.09. The molecule has 0 aliphatic carbocycles. The van der Waals surface area contributed by atoms with E-state index in [1.807, 2.05) is 42.8 Å². The topological polar surface area (TPSA) is 103 Å². The maximum absolute atomic E-state index is 8.64. The van der Waals surface area contributed by atoms with E-state index in [1.54, 1.807) is 12.3 Å². The van der Waals surface area contributed by atoms with E-state index in [-0.39, 0.29) is 0 Å². The number of aliphatic imine (C=N–C) groups is 1. The lowest BCUT2D eigenvalue weighted by molar-refractivity contribution is 0.577. The molecule has 2 N–H and O–H groups in total. The minimum atomic E-state index is 0.540. The van der Waals surface area contributed by atoms with Crippen molar-refractivity contribution in [1.82, 2.24) is 20.5 Å². The Morgan fingerprint density at radius 2 is 2.17 bits per heavy atom. The summed E-state index contributed by atoms with van der Waals surface area (Å²) < 4.78 is 5.28. The number of nitriles is 1. The van der Waals surface area contributed by atoms with Crippen molar-refractivity contribution in [2.45, 2.75) is 0 Å². The van der Waals surface area contributed by atoms with E-state index in [9.17, 15) is 0 Å². The summed E-state index contributed by atoms with van der Waals surface area (Å²) in [6.45, 7) is 0. The summed E-state index contributed by atoms with van der Waals surface area (Å²) >= 11 is 1.37. The highest BCUT2D eigenvalue weighted by Crippen LogP contribution is 2.23. The molecule has 2 aromatic heterocycles. The predicted molar refractivity (Wildman–Crippen MR) is 88.9 cm³/mol. The van der Waals surface area contributed by atoms with Crippen molar-refractivity contribution in [2.24, 2.45) is 4.99 Å². The molecule has 0 amide bonds. The molecule has 114 valence electrons. The van der Waals surface area contributed by atoms with Gasteiger partial charge in [-0.05, 0) is 42.7 Å². The predicted octanol–water partition coefficient (Wildman–Crippen LogP) is 3.15. The van der Waals surface area contributed by atoms with Gasteiger partial charge in [-0.2, -0.15) is 10.4 Å². The van der Waals surface area contributed by atoms with Gasteiger partial charge in [-0.1, -0.05) is 11.8 Å². The molecule has 0 saturated carbocycles. The number of amidine groups is 1. The van der Waals surface area contributed by atoms with Crippen molar-refractivity contribution >= 4 is 22.6 Å². The Morgan fingerprint density at radius 1 is 1.35 bits per heavy atom. The van der Waals surface area contributed by atoms with Crippen LogP contribution in [-0.2, 0) is 0 Å². The third-order valence-corrected chi connectivity index (χ3v) is 3.53. The molecule has 7 nitrogen and oxygen atoms in total. The molecular weight excluding hydrogens is 312 g/mol. The van der Waals surface area contributed by atoms with Crippen LogP contribution >= 0.6 is 11.8 Å². The zero-order chi connectivity index (χ0) is 16.1. The standard InChI is InChI=1S/C15H12N6OS/c1-23-15(17-9-16)18-11-6-4-10(5-7-11)13-19-14(21-20-13)12-3-2-8-22-12/h2-8H,1H3,(H,17,18)(H,19,20,21). The molecule has 0 bridgehead atoms. The van der Waals surface area contributed by atoms with E-state index in [1.165, 1.54) is 11.8 Å². The summed E-state index contributed by atoms with van der Waals surface area (Å²) in [6.07, 6.45) is 5.29. The molecule has 0 atom stereocenters. The fourth-order valence-electron chi connectivity index (χ4n) is 1.89. The van der Waals surface area contributed by atoms with Gasteiger partial charge in [0.05, 0.1) is 12.0 Å². The molecule has 8 heteroatoms. The summed E-state index contributed by atoms with van der Waals surface area (Å²) in [4.78, 5) is 8.73. The Hall–Kier alpha value is -3.05. The van der Waals surface area contributed by atoms with Crippen LogP contribution in [0.25, 0.3) is 23.0 Å². The zero-order valence-electron chi connectivity index (χ0n) is 12.1. The number of H-pyrrole nitrogens is 1. The van der Waals surface area contributed by atoms with Gasteiger partial charge < -0.3 is 4.42 Å². The number of nitrogens with one attached hydrogen (secondary N) is 2. The van der Waals surface area contributed by atoms with Crippen LogP contribution in [0, 0.1) is 11.5 Å². The molecule has 0 aliphatic heterocycles. The first-order chi connectivity index (χ1) is 11.3. The van der Waals surface area contributed by atoms with E-state index in [0.717, 1.165) is 11.3 Å². The molecule has 0 saturated heterocycles. The van der Waals surface area contributed by atoms with E-state index < -0.39 is 0 Å². The second-order valence-electron chi connectivity index (χ2n) is 4.39. The van der Waals surface area contributed by atoms with Crippen LogP contribution in [0.15, 0.2) is 52.1 Å². The lowest BCUT2D eigenvalue weighted by Crippen LogP contribution is -2.12. The van der Waals surface area contributed by atoms with Gasteiger partial charge in [-0.15, -0.1) is 0 Å². The normalized spacial score (nSPS) is 11.2. The van der Waals surface area contributed by atoms with Crippen molar-refractivity contribution in [3.05, 3.63) is 42.7 Å². The molecule has 0 radical (unpaired) electrons. The Bertz CT molecular complexity index is 845. The first kappa shape index (κ1) is 14.9. The van der Waals surface area contributed by atoms with Crippen LogP contribution in [0.3, 0.4) is 0 Å². The van der Waals surface area contributed by atoms with Gasteiger partial charge in [-0.25, -0.2) is 9.98 Å². The Morgan fingerprint density at radius 3 is 2.83 bits per heavy atom. The minimum absolute atomic E-state index is 0.540. The number of aromatic nitrogens is 3. The van der Waals surface area contributed by atoms with E-state index in [0.29, 0.717) is 22.6 Å². The maximum Gasteiger partial charge on any atom is 0.192 e. The number of hydrogen-bond donors (Lipinski definition) is 2. The number of rotatable bonds is 3. The molecule has 23 heavy (non-hydrogen) atoms. The monoisotopic (exact) mass is 324 g/mol. The van der Waals surface area contributed by atoms with Gasteiger partial charge in [0.25, 0.3) is 0 Å². The summed E-state index contributed by atoms with van der Waals surface area (Å²) in [5.41, 5.74) is 1.60. The van der Waals surface area contributed by atoms with Gasteiger partial charge in [0, 0.05) is 5.56 Å². The summed E-state index contributed by atoms with van der Waals surface area (Å²) in [5.74, 6) is 1.79. The summed E-state index contributed by atoms with van der Waals surface area (Å²) in [7, 11) is 0. The number of thioether (sulfide) groups is 1. The molecular formula is C15H12N6OS. The Kier molecular flexibility index (Phi) is 4.40. The fraction of sp³-hybridized carbons (Fsp3) is 0.0667. The highest BCUT2D eigenvalue weighted by atomic mass is 32.2. The third kappa shape index (κ3) is 3.41. The zero-order valence-corrected chi connectivity index (χ0v) is 13.0. The van der Waals surface area contributed by atoms with Gasteiger partial charge in [0.15, 0.2) is 28.8 Å². The number of aromatic amines is 1. The van der Waals surface area contributed by atoms with E-state index in [4.69, 9.17) is 9.68 Å². The Balaban J connectivity index is 1.81. The summed E-state index contributed by atoms with van der Waals surface area (Å²) in [6, 6.07) is 11.0. The summed E-state index contributed by atoms with van der Waals surface area (Å²) in [5, 5.41) is 18.7. The molecule has 1 aromatic carbocycles. The van der Waals surface area contributed by atoms with E-state index in [2.05, 4.69) is 25.5 Å². The molecule has 0 spiro atoms. The van der Waals surface area contributed by atoms with Crippen LogP contribution in [0.5, 0.6) is 0 Å². The fourth-order valence-corrected chi connectivity index (χ4v) is 2.23. The van der Waals surface area contributed by atoms with Crippen LogP contribution in [0.4, 0.5) is 5.69 Å². The third-order valence-electron chi connectivity index (χ3n) is 2.95. The van der Waals surface area contributed by atoms with Crippen molar-refractivity contribution in [2.75, 3.05) is 6.26 Å². The average molecular weight is 324 g/mol. The van der Waals surface area contributed by atoms with Crippen molar-refractivity contribution in [1.29, 1.82) is 5.26 Å². The lowest BCUT2D eigenvalue weighted by atomic mass is 10.2. The van der Waals surface area contributed by atoms with Crippen molar-refractivity contribution in [3.63, 3.8) is 0 Å². The molecule has 0 unspecified atom stereocenters. The second kappa shape index (κ2) is 6.81. The largest absolute Gasteiger partial charge is 0.461 e. The molecule has 0 fully saturated rings. The van der Waals surface area contributed by atoms with Gasteiger partial charge in [-0.3, -0.25) is 10.4 Å². The molecule has 2 heterocycles. The van der Waals surface area contributed by atoms with Gasteiger partial charge in [0.1, 0.15) is 0 Å². The average Bonchev–Trinajstić information content (AvgIpc) is 3.26. The van der Waals surface area contributed by atoms with Crippen molar-refractivity contribution < 1.29 is 4.42 Å². The lowest BCUT2D eigenvalue weighted by Gasteiger charge is -2.00. The number of hydrogen-bond acceptors (Lipinski definition) is 6.